The molecule has 164 valence electrons. The van der Waals surface area contributed by atoms with E-state index in [1.165, 1.54) is 0 Å². The van der Waals surface area contributed by atoms with Crippen molar-refractivity contribution in [2.24, 2.45) is 7.05 Å². The van der Waals surface area contributed by atoms with Crippen LogP contribution in [-0.2, 0) is 13.5 Å². The molecule has 1 aliphatic rings. The van der Waals surface area contributed by atoms with Crippen LogP contribution in [0, 0.1) is 0 Å². The molecular weight excluding hydrogens is 420 g/mol. The van der Waals surface area contributed by atoms with Gasteiger partial charge in [-0.3, -0.25) is 14.0 Å². The molecule has 33 heavy (non-hydrogen) atoms. The van der Waals surface area contributed by atoms with Gasteiger partial charge in [-0.15, -0.1) is 0 Å². The van der Waals surface area contributed by atoms with Gasteiger partial charge in [-0.2, -0.15) is 10.1 Å². The SMILES string of the molecule is CCOc1ncc2nc(-c3ccc4nn(C)cc4c3)c(=O)n(-c3cccc4c3CCO4)c2n1. The van der Waals surface area contributed by atoms with Gasteiger partial charge in [0, 0.05) is 36.2 Å². The number of ether oxygens (including phenoxy) is 2. The van der Waals surface area contributed by atoms with Gasteiger partial charge < -0.3 is 9.47 Å². The van der Waals surface area contributed by atoms with Crippen LogP contribution in [0.5, 0.6) is 11.8 Å². The van der Waals surface area contributed by atoms with Crippen LogP contribution in [-0.4, -0.2) is 42.5 Å². The third kappa shape index (κ3) is 3.12. The van der Waals surface area contributed by atoms with Crippen LogP contribution < -0.4 is 15.0 Å². The van der Waals surface area contributed by atoms with Crippen molar-refractivity contribution >= 4 is 22.1 Å². The number of nitrogens with zero attached hydrogens (tertiary/aromatic N) is 6. The fourth-order valence-electron chi connectivity index (χ4n) is 4.28. The Balaban J connectivity index is 1.67. The van der Waals surface area contributed by atoms with E-state index in [2.05, 4.69) is 20.1 Å². The van der Waals surface area contributed by atoms with Gasteiger partial charge in [0.1, 0.15) is 17.0 Å². The molecule has 0 saturated heterocycles. The zero-order valence-electron chi connectivity index (χ0n) is 18.1. The summed E-state index contributed by atoms with van der Waals surface area (Å²) in [5.74, 6) is 0.779. The predicted octanol–water partition coefficient (Wildman–Crippen LogP) is 3.06. The molecular formula is C24H20N6O3. The Hall–Kier alpha value is -4.27. The minimum Gasteiger partial charge on any atom is -0.493 e. The lowest BCUT2D eigenvalue weighted by Gasteiger charge is -2.14. The second kappa shape index (κ2) is 7.40. The van der Waals surface area contributed by atoms with Gasteiger partial charge >= 0.3 is 6.01 Å². The van der Waals surface area contributed by atoms with E-state index in [4.69, 9.17) is 9.47 Å². The highest BCUT2D eigenvalue weighted by molar-refractivity contribution is 5.85. The van der Waals surface area contributed by atoms with Gasteiger partial charge in [0.2, 0.25) is 0 Å². The Labute approximate surface area is 188 Å². The van der Waals surface area contributed by atoms with E-state index in [0.717, 1.165) is 27.9 Å². The highest BCUT2D eigenvalue weighted by Crippen LogP contribution is 2.32. The third-order valence-corrected chi connectivity index (χ3v) is 5.70. The molecule has 0 amide bonds. The van der Waals surface area contributed by atoms with E-state index in [9.17, 15) is 4.79 Å². The maximum Gasteiger partial charge on any atom is 0.318 e. The van der Waals surface area contributed by atoms with Crippen LogP contribution in [0.3, 0.4) is 0 Å². The molecule has 0 bridgehead atoms. The summed E-state index contributed by atoms with van der Waals surface area (Å²) in [6.07, 6.45) is 4.22. The van der Waals surface area contributed by atoms with E-state index in [1.807, 2.05) is 56.6 Å². The lowest BCUT2D eigenvalue weighted by atomic mass is 10.1. The number of fused-ring (bicyclic) bond motifs is 3. The number of hydrogen-bond donors (Lipinski definition) is 0. The standard InChI is InChI=1S/C24H20N6O3/c1-3-32-24-25-12-18-22(27-24)30(19-5-4-6-20-16(19)9-10-33-20)23(31)21(26-18)14-7-8-17-15(11-14)13-29(2)28-17/h4-8,11-13H,3,9-10H2,1-2H3. The minimum absolute atomic E-state index is 0.202. The van der Waals surface area contributed by atoms with Gasteiger partial charge in [0.05, 0.1) is 30.6 Å². The highest BCUT2D eigenvalue weighted by Gasteiger charge is 2.22. The Kier molecular flexibility index (Phi) is 4.36. The Morgan fingerprint density at radius 2 is 2.06 bits per heavy atom. The lowest BCUT2D eigenvalue weighted by molar-refractivity contribution is 0.313. The summed E-state index contributed by atoms with van der Waals surface area (Å²) < 4.78 is 14.6. The first-order valence-corrected chi connectivity index (χ1v) is 10.7. The molecule has 0 atom stereocenters. The Morgan fingerprint density at radius 3 is 2.94 bits per heavy atom. The van der Waals surface area contributed by atoms with Crippen molar-refractivity contribution in [3.05, 3.63) is 64.7 Å². The van der Waals surface area contributed by atoms with Crippen molar-refractivity contribution in [2.75, 3.05) is 13.2 Å². The normalized spacial score (nSPS) is 12.8. The molecule has 0 spiro atoms. The third-order valence-electron chi connectivity index (χ3n) is 5.70. The van der Waals surface area contributed by atoms with Crippen LogP contribution >= 0.6 is 0 Å². The average Bonchev–Trinajstić information content (AvgIpc) is 3.44. The Bertz CT molecular complexity index is 1600. The number of aryl methyl sites for hydroxylation is 1. The molecule has 9 nitrogen and oxygen atoms in total. The highest BCUT2D eigenvalue weighted by atomic mass is 16.5. The second-order valence-electron chi connectivity index (χ2n) is 7.82. The maximum absolute atomic E-state index is 13.9. The molecule has 5 aromatic rings. The van der Waals surface area contributed by atoms with Crippen molar-refractivity contribution in [1.29, 1.82) is 0 Å². The maximum atomic E-state index is 13.9. The Morgan fingerprint density at radius 1 is 1.15 bits per heavy atom. The molecule has 3 aromatic heterocycles. The van der Waals surface area contributed by atoms with Crippen molar-refractivity contribution in [2.45, 2.75) is 13.3 Å². The van der Waals surface area contributed by atoms with E-state index in [1.54, 1.807) is 15.4 Å². The molecule has 4 heterocycles. The first-order valence-electron chi connectivity index (χ1n) is 10.7. The first kappa shape index (κ1) is 19.4. The molecule has 0 unspecified atom stereocenters. The number of aromatic nitrogens is 6. The molecule has 2 aromatic carbocycles. The van der Waals surface area contributed by atoms with E-state index < -0.39 is 0 Å². The quantitative estimate of drug-likeness (QED) is 0.424. The van der Waals surface area contributed by atoms with Crippen molar-refractivity contribution in [3.63, 3.8) is 0 Å². The molecule has 1 aliphatic heterocycles. The lowest BCUT2D eigenvalue weighted by Crippen LogP contribution is -2.24. The average molecular weight is 440 g/mol. The number of rotatable bonds is 4. The molecule has 0 fully saturated rings. The summed E-state index contributed by atoms with van der Waals surface area (Å²) in [5, 5.41) is 5.35. The van der Waals surface area contributed by atoms with Crippen LogP contribution in [0.4, 0.5) is 0 Å². The minimum atomic E-state index is -0.271. The van der Waals surface area contributed by atoms with Crippen LogP contribution in [0.25, 0.3) is 39.0 Å². The molecule has 0 radical (unpaired) electrons. The zero-order valence-corrected chi connectivity index (χ0v) is 18.1. The van der Waals surface area contributed by atoms with Gasteiger partial charge in [-0.05, 0) is 31.2 Å². The van der Waals surface area contributed by atoms with Crippen molar-refractivity contribution in [3.8, 4) is 28.7 Å². The van der Waals surface area contributed by atoms with Crippen LogP contribution in [0.1, 0.15) is 12.5 Å². The summed E-state index contributed by atoms with van der Waals surface area (Å²) in [5.41, 5.74) is 4.19. The van der Waals surface area contributed by atoms with E-state index in [0.29, 0.717) is 42.1 Å². The molecule has 9 heteroatoms. The fraction of sp³-hybridized carbons (Fsp3) is 0.208. The zero-order chi connectivity index (χ0) is 22.5. The van der Waals surface area contributed by atoms with Crippen molar-refractivity contribution in [1.82, 2.24) is 29.3 Å². The summed E-state index contributed by atoms with van der Waals surface area (Å²) in [6, 6.07) is 11.6. The van der Waals surface area contributed by atoms with Crippen LogP contribution in [0.15, 0.2) is 53.6 Å². The van der Waals surface area contributed by atoms with Crippen molar-refractivity contribution < 1.29 is 9.47 Å². The molecule has 0 saturated carbocycles. The summed E-state index contributed by atoms with van der Waals surface area (Å²) >= 11 is 0. The van der Waals surface area contributed by atoms with Gasteiger partial charge in [0.25, 0.3) is 5.56 Å². The van der Waals surface area contributed by atoms with Gasteiger partial charge in [0.15, 0.2) is 5.65 Å². The van der Waals surface area contributed by atoms with Crippen LogP contribution in [0.2, 0.25) is 0 Å². The monoisotopic (exact) mass is 440 g/mol. The second-order valence-corrected chi connectivity index (χ2v) is 7.82. The smallest absolute Gasteiger partial charge is 0.318 e. The fourth-order valence-corrected chi connectivity index (χ4v) is 4.28. The largest absolute Gasteiger partial charge is 0.493 e. The predicted molar refractivity (Wildman–Crippen MR) is 123 cm³/mol. The van der Waals surface area contributed by atoms with Gasteiger partial charge in [-0.25, -0.2) is 9.97 Å². The van der Waals surface area contributed by atoms with E-state index in [-0.39, 0.29) is 11.6 Å². The van der Waals surface area contributed by atoms with E-state index >= 15 is 0 Å². The van der Waals surface area contributed by atoms with Gasteiger partial charge in [-0.1, -0.05) is 12.1 Å². The molecule has 0 aliphatic carbocycles. The molecule has 0 N–H and O–H groups in total. The number of hydrogen-bond acceptors (Lipinski definition) is 7. The summed E-state index contributed by atoms with van der Waals surface area (Å²) in [4.78, 5) is 27.4. The topological polar surface area (TPSA) is 97.0 Å². The first-order chi connectivity index (χ1) is 16.1. The number of benzene rings is 2. The molecule has 6 rings (SSSR count). The summed E-state index contributed by atoms with van der Waals surface area (Å²) in [6.45, 7) is 2.85. The summed E-state index contributed by atoms with van der Waals surface area (Å²) in [7, 11) is 1.87.